The van der Waals surface area contributed by atoms with Crippen LogP contribution in [0.1, 0.15) is 28.7 Å². The highest BCUT2D eigenvalue weighted by atomic mass is 16.5. The van der Waals surface area contributed by atoms with Gasteiger partial charge in [0.05, 0.1) is 6.61 Å². The van der Waals surface area contributed by atoms with Gasteiger partial charge in [-0.25, -0.2) is 0 Å². The third-order valence-electron chi connectivity index (χ3n) is 4.31. The summed E-state index contributed by atoms with van der Waals surface area (Å²) < 4.78 is 5.58. The van der Waals surface area contributed by atoms with Crippen LogP contribution in [0.5, 0.6) is 5.75 Å². The summed E-state index contributed by atoms with van der Waals surface area (Å²) in [4.78, 5) is 0. The molecule has 1 N–H and O–H groups in total. The number of ether oxygens (including phenoxy) is 1. The van der Waals surface area contributed by atoms with E-state index in [1.54, 1.807) is 0 Å². The summed E-state index contributed by atoms with van der Waals surface area (Å²) in [5.74, 6) is 1.07. The molecule has 2 nitrogen and oxygen atoms in total. The quantitative estimate of drug-likeness (QED) is 0.896. The molecule has 102 valence electrons. The third-order valence-corrected chi connectivity index (χ3v) is 4.31. The largest absolute Gasteiger partial charge is 0.493 e. The van der Waals surface area contributed by atoms with Crippen LogP contribution in [0, 0.1) is 0 Å². The van der Waals surface area contributed by atoms with Gasteiger partial charge in [0, 0.05) is 18.7 Å². The lowest BCUT2D eigenvalue weighted by molar-refractivity contribution is 0.357. The average Bonchev–Trinajstić information content (AvgIpc) is 2.95. The normalized spacial score (nSPS) is 16.0. The summed E-state index contributed by atoms with van der Waals surface area (Å²) in [7, 11) is 0. The Morgan fingerprint density at radius 2 is 2.05 bits per heavy atom. The summed E-state index contributed by atoms with van der Waals surface area (Å²) in [5.41, 5.74) is 7.00. The maximum absolute atomic E-state index is 5.58. The van der Waals surface area contributed by atoms with Gasteiger partial charge in [-0.2, -0.15) is 0 Å². The Kier molecular flexibility index (Phi) is 2.87. The summed E-state index contributed by atoms with van der Waals surface area (Å²) in [5, 5.41) is 3.58. The fourth-order valence-corrected chi connectivity index (χ4v) is 3.30. The molecule has 2 aliphatic heterocycles. The zero-order valence-electron chi connectivity index (χ0n) is 11.6. The van der Waals surface area contributed by atoms with Gasteiger partial charge < -0.3 is 10.1 Å². The van der Waals surface area contributed by atoms with Crippen molar-refractivity contribution >= 4 is 5.69 Å². The zero-order valence-corrected chi connectivity index (χ0v) is 11.6. The average molecular weight is 265 g/mol. The van der Waals surface area contributed by atoms with E-state index in [9.17, 15) is 0 Å². The first-order chi connectivity index (χ1) is 9.90. The summed E-state index contributed by atoms with van der Waals surface area (Å²) in [6, 6.07) is 13.3. The molecule has 20 heavy (non-hydrogen) atoms. The van der Waals surface area contributed by atoms with Gasteiger partial charge in [-0.05, 0) is 47.6 Å². The van der Waals surface area contributed by atoms with E-state index < -0.39 is 0 Å². The molecule has 0 saturated carbocycles. The summed E-state index contributed by atoms with van der Waals surface area (Å²) in [6.45, 7) is 1.93. The molecule has 4 rings (SSSR count). The predicted octanol–water partition coefficient (Wildman–Crippen LogP) is 3.57. The van der Waals surface area contributed by atoms with Gasteiger partial charge in [0.1, 0.15) is 5.75 Å². The molecule has 2 heterocycles. The molecule has 2 aromatic carbocycles. The van der Waals surface area contributed by atoms with E-state index in [1.165, 1.54) is 40.8 Å². The molecule has 0 unspecified atom stereocenters. The minimum absolute atomic E-state index is 0.834. The SMILES string of the molecule is c1cc2c(c(Cc3ccc4c(c3)CCO4)c1)NCCC2. The van der Waals surface area contributed by atoms with Crippen molar-refractivity contribution in [1.29, 1.82) is 0 Å². The molecule has 0 amide bonds. The second-order valence-corrected chi connectivity index (χ2v) is 5.70. The van der Waals surface area contributed by atoms with E-state index in [4.69, 9.17) is 4.74 Å². The molecular formula is C18H19NO. The van der Waals surface area contributed by atoms with Crippen molar-refractivity contribution in [2.75, 3.05) is 18.5 Å². The molecule has 0 aliphatic carbocycles. The van der Waals surface area contributed by atoms with Gasteiger partial charge >= 0.3 is 0 Å². The molecular weight excluding hydrogens is 246 g/mol. The van der Waals surface area contributed by atoms with Gasteiger partial charge in [0.25, 0.3) is 0 Å². The van der Waals surface area contributed by atoms with Crippen molar-refractivity contribution in [3.63, 3.8) is 0 Å². The number of nitrogens with one attached hydrogen (secondary N) is 1. The number of para-hydroxylation sites is 1. The van der Waals surface area contributed by atoms with Crippen molar-refractivity contribution in [3.05, 3.63) is 58.7 Å². The fourth-order valence-electron chi connectivity index (χ4n) is 3.30. The van der Waals surface area contributed by atoms with Crippen LogP contribution in [0.15, 0.2) is 36.4 Å². The fraction of sp³-hybridized carbons (Fsp3) is 0.333. The lowest BCUT2D eigenvalue weighted by Crippen LogP contribution is -2.13. The molecule has 2 heteroatoms. The number of rotatable bonds is 2. The van der Waals surface area contributed by atoms with Gasteiger partial charge in [-0.15, -0.1) is 0 Å². The van der Waals surface area contributed by atoms with Crippen molar-refractivity contribution in [2.45, 2.75) is 25.7 Å². The van der Waals surface area contributed by atoms with Gasteiger partial charge in [0.15, 0.2) is 0 Å². The van der Waals surface area contributed by atoms with E-state index in [0.29, 0.717) is 0 Å². The lowest BCUT2D eigenvalue weighted by atomic mass is 9.95. The Morgan fingerprint density at radius 1 is 1.05 bits per heavy atom. The van der Waals surface area contributed by atoms with Crippen LogP contribution in [0.4, 0.5) is 5.69 Å². The summed E-state index contributed by atoms with van der Waals surface area (Å²) >= 11 is 0. The first-order valence-electron chi connectivity index (χ1n) is 7.49. The van der Waals surface area contributed by atoms with Crippen LogP contribution in [0.2, 0.25) is 0 Å². The van der Waals surface area contributed by atoms with Crippen LogP contribution in [0.25, 0.3) is 0 Å². The molecule has 0 radical (unpaired) electrons. The van der Waals surface area contributed by atoms with E-state index in [1.807, 2.05) is 0 Å². The highest BCUT2D eigenvalue weighted by Crippen LogP contribution is 2.30. The molecule has 0 bridgehead atoms. The highest BCUT2D eigenvalue weighted by molar-refractivity contribution is 5.60. The highest BCUT2D eigenvalue weighted by Gasteiger charge is 2.15. The Labute approximate surface area is 119 Å². The van der Waals surface area contributed by atoms with Crippen molar-refractivity contribution in [1.82, 2.24) is 0 Å². The van der Waals surface area contributed by atoms with E-state index in [-0.39, 0.29) is 0 Å². The zero-order chi connectivity index (χ0) is 13.4. The minimum atomic E-state index is 0.834. The molecule has 0 atom stereocenters. The first-order valence-corrected chi connectivity index (χ1v) is 7.49. The molecule has 0 spiro atoms. The Balaban J connectivity index is 1.66. The molecule has 0 saturated heterocycles. The standard InChI is InChI=1S/C18H19NO/c1-3-14-5-2-9-19-18(14)16(4-1)12-13-6-7-17-15(11-13)8-10-20-17/h1,3-4,6-7,11,19H,2,5,8-10,12H2. The van der Waals surface area contributed by atoms with Crippen LogP contribution < -0.4 is 10.1 Å². The van der Waals surface area contributed by atoms with Crippen molar-refractivity contribution < 1.29 is 4.74 Å². The second-order valence-electron chi connectivity index (χ2n) is 5.70. The van der Waals surface area contributed by atoms with E-state index in [0.717, 1.165) is 31.7 Å². The lowest BCUT2D eigenvalue weighted by Gasteiger charge is -2.21. The number of hydrogen-bond donors (Lipinski definition) is 1. The number of hydrogen-bond acceptors (Lipinski definition) is 2. The monoisotopic (exact) mass is 265 g/mol. The van der Waals surface area contributed by atoms with E-state index >= 15 is 0 Å². The van der Waals surface area contributed by atoms with Crippen LogP contribution in [-0.2, 0) is 19.3 Å². The van der Waals surface area contributed by atoms with Gasteiger partial charge in [0.2, 0.25) is 0 Å². The van der Waals surface area contributed by atoms with E-state index in [2.05, 4.69) is 41.7 Å². The maximum Gasteiger partial charge on any atom is 0.122 e. The van der Waals surface area contributed by atoms with Crippen LogP contribution in [0.3, 0.4) is 0 Å². The minimum Gasteiger partial charge on any atom is -0.493 e. The number of benzene rings is 2. The Morgan fingerprint density at radius 3 is 3.05 bits per heavy atom. The van der Waals surface area contributed by atoms with Gasteiger partial charge in [-0.1, -0.05) is 30.3 Å². The van der Waals surface area contributed by atoms with Crippen molar-refractivity contribution in [3.8, 4) is 5.75 Å². The number of anilines is 1. The van der Waals surface area contributed by atoms with Crippen LogP contribution >= 0.6 is 0 Å². The van der Waals surface area contributed by atoms with Crippen molar-refractivity contribution in [2.24, 2.45) is 0 Å². The van der Waals surface area contributed by atoms with Gasteiger partial charge in [-0.3, -0.25) is 0 Å². The Bertz CT molecular complexity index is 648. The first kappa shape index (κ1) is 11.8. The number of aryl methyl sites for hydroxylation is 1. The maximum atomic E-state index is 5.58. The second kappa shape index (κ2) is 4.86. The topological polar surface area (TPSA) is 21.3 Å². The smallest absolute Gasteiger partial charge is 0.122 e. The summed E-state index contributed by atoms with van der Waals surface area (Å²) in [6.07, 6.45) is 4.50. The predicted molar refractivity (Wildman–Crippen MR) is 81.7 cm³/mol. The number of fused-ring (bicyclic) bond motifs is 2. The molecule has 2 aliphatic rings. The Hall–Kier alpha value is -1.96. The molecule has 2 aromatic rings. The third kappa shape index (κ3) is 2.05. The molecule has 0 fully saturated rings. The molecule has 0 aromatic heterocycles. The van der Waals surface area contributed by atoms with Crippen LogP contribution in [-0.4, -0.2) is 13.2 Å².